The van der Waals surface area contributed by atoms with Gasteiger partial charge in [-0.25, -0.2) is 14.8 Å². The number of terminal acetylenes is 1. The maximum absolute atomic E-state index is 11.7. The van der Waals surface area contributed by atoms with Crippen LogP contribution in [0.5, 0.6) is 11.5 Å². The Balaban J connectivity index is 1.66. The fraction of sp³-hybridized carbons (Fsp3) is 0.393. The number of rotatable bonds is 13. The number of alkyl carbamates (subject to hydrolysis) is 1. The van der Waals surface area contributed by atoms with Crippen LogP contribution in [0.2, 0.25) is 0 Å². The van der Waals surface area contributed by atoms with E-state index in [2.05, 4.69) is 26.5 Å². The molecular formula is C28H34N4O6. The Morgan fingerprint density at radius 2 is 1.76 bits per heavy atom. The predicted octanol–water partition coefficient (Wildman–Crippen LogP) is 4.30. The van der Waals surface area contributed by atoms with Gasteiger partial charge in [0.25, 0.3) is 0 Å². The molecule has 10 nitrogen and oxygen atoms in total. The summed E-state index contributed by atoms with van der Waals surface area (Å²) in [6.45, 7) is 7.40. The van der Waals surface area contributed by atoms with E-state index in [0.29, 0.717) is 55.8 Å². The zero-order valence-corrected chi connectivity index (χ0v) is 22.2. The van der Waals surface area contributed by atoms with Gasteiger partial charge in [0, 0.05) is 36.4 Å². The van der Waals surface area contributed by atoms with E-state index < -0.39 is 11.7 Å². The Kier molecular flexibility index (Phi) is 10.5. The van der Waals surface area contributed by atoms with Crippen LogP contribution in [0.3, 0.4) is 0 Å². The van der Waals surface area contributed by atoms with E-state index in [9.17, 15) is 4.79 Å². The van der Waals surface area contributed by atoms with Crippen molar-refractivity contribution in [2.45, 2.75) is 26.4 Å². The Morgan fingerprint density at radius 3 is 2.50 bits per heavy atom. The van der Waals surface area contributed by atoms with Gasteiger partial charge in [-0.05, 0) is 45.0 Å². The highest BCUT2D eigenvalue weighted by Crippen LogP contribution is 2.35. The molecule has 2 N–H and O–H groups in total. The van der Waals surface area contributed by atoms with E-state index in [1.807, 2.05) is 51.1 Å². The van der Waals surface area contributed by atoms with E-state index in [4.69, 9.17) is 30.1 Å². The third-order valence-corrected chi connectivity index (χ3v) is 4.94. The first-order valence-electron chi connectivity index (χ1n) is 12.2. The van der Waals surface area contributed by atoms with E-state index >= 15 is 0 Å². The van der Waals surface area contributed by atoms with Crippen LogP contribution in [0.4, 0.5) is 16.3 Å². The minimum Gasteiger partial charge on any atom is -0.487 e. The summed E-state index contributed by atoms with van der Waals surface area (Å²) >= 11 is 0. The molecule has 0 saturated heterocycles. The van der Waals surface area contributed by atoms with Crippen LogP contribution < -0.4 is 20.1 Å². The van der Waals surface area contributed by atoms with Gasteiger partial charge in [0.15, 0.2) is 11.5 Å². The van der Waals surface area contributed by atoms with Crippen molar-refractivity contribution in [3.05, 3.63) is 48.3 Å². The molecule has 1 heterocycles. The van der Waals surface area contributed by atoms with Gasteiger partial charge >= 0.3 is 6.09 Å². The number of methoxy groups -OCH3 is 1. The van der Waals surface area contributed by atoms with E-state index in [1.54, 1.807) is 13.2 Å². The molecule has 1 aromatic heterocycles. The van der Waals surface area contributed by atoms with Crippen molar-refractivity contribution in [3.8, 4) is 23.8 Å². The number of nitrogens with one attached hydrogen (secondary N) is 2. The zero-order valence-electron chi connectivity index (χ0n) is 22.2. The first kappa shape index (κ1) is 28.5. The molecule has 3 aromatic rings. The smallest absolute Gasteiger partial charge is 0.407 e. The number of nitrogens with zero attached hydrogens (tertiary/aromatic N) is 2. The lowest BCUT2D eigenvalue weighted by Crippen LogP contribution is -2.34. The quantitative estimate of drug-likeness (QED) is 0.251. The van der Waals surface area contributed by atoms with Gasteiger partial charge in [0.2, 0.25) is 0 Å². The summed E-state index contributed by atoms with van der Waals surface area (Å²) in [5.41, 5.74) is 1.69. The van der Waals surface area contributed by atoms with Crippen molar-refractivity contribution in [1.82, 2.24) is 15.3 Å². The predicted molar refractivity (Wildman–Crippen MR) is 145 cm³/mol. The Bertz CT molecular complexity index is 1250. The van der Waals surface area contributed by atoms with Crippen molar-refractivity contribution < 1.29 is 28.5 Å². The maximum Gasteiger partial charge on any atom is 0.407 e. The molecule has 0 aliphatic heterocycles. The fourth-order valence-corrected chi connectivity index (χ4v) is 3.30. The molecule has 0 saturated carbocycles. The molecule has 2 aromatic carbocycles. The summed E-state index contributed by atoms with van der Waals surface area (Å²) in [5.74, 6) is 4.27. The average Bonchev–Trinajstić information content (AvgIpc) is 2.87. The van der Waals surface area contributed by atoms with Crippen molar-refractivity contribution in [2.24, 2.45) is 0 Å². The van der Waals surface area contributed by atoms with Crippen molar-refractivity contribution >= 4 is 28.5 Å². The van der Waals surface area contributed by atoms with Crippen molar-refractivity contribution in [3.63, 3.8) is 0 Å². The zero-order chi connectivity index (χ0) is 27.4. The lowest BCUT2D eigenvalue weighted by atomic mass is 10.2. The summed E-state index contributed by atoms with van der Waals surface area (Å²) < 4.78 is 27.7. The number of amides is 1. The lowest BCUT2D eigenvalue weighted by molar-refractivity contribution is 0.0488. The van der Waals surface area contributed by atoms with Gasteiger partial charge in [0.05, 0.1) is 25.3 Å². The van der Waals surface area contributed by atoms with Crippen LogP contribution in [0, 0.1) is 12.3 Å². The highest BCUT2D eigenvalue weighted by Gasteiger charge is 2.16. The molecular weight excluding hydrogens is 488 g/mol. The molecule has 0 radical (unpaired) electrons. The molecule has 0 aliphatic carbocycles. The molecule has 0 spiro atoms. The molecule has 3 rings (SSSR count). The monoisotopic (exact) mass is 522 g/mol. The number of hydrogen-bond donors (Lipinski definition) is 2. The number of ether oxygens (including phenoxy) is 5. The first-order valence-corrected chi connectivity index (χ1v) is 12.2. The molecule has 0 aliphatic rings. The molecule has 202 valence electrons. The normalized spacial score (nSPS) is 11.0. The summed E-state index contributed by atoms with van der Waals surface area (Å²) in [5, 5.41) is 6.70. The third-order valence-electron chi connectivity index (χ3n) is 4.94. The second-order valence-electron chi connectivity index (χ2n) is 9.12. The molecule has 0 bridgehead atoms. The van der Waals surface area contributed by atoms with Gasteiger partial charge in [0.1, 0.15) is 31.0 Å². The van der Waals surface area contributed by atoms with Gasteiger partial charge in [-0.15, -0.1) is 6.42 Å². The van der Waals surface area contributed by atoms with Crippen LogP contribution in [-0.4, -0.2) is 68.4 Å². The molecule has 0 atom stereocenters. The Morgan fingerprint density at radius 1 is 1.00 bits per heavy atom. The number of anilines is 2. The second kappa shape index (κ2) is 14.0. The number of benzene rings is 2. The standard InChI is InChI=1S/C28H34N4O6/c1-6-20-8-7-9-21(16-20)32-26-22-17-24(25(36-14-12-34-5)18-23(22)30-19-31-26)37-15-13-35-11-10-29-27(33)38-28(2,3)4/h1,7-9,16-19H,10-15H2,2-5H3,(H,29,33)(H,30,31,32). The van der Waals surface area contributed by atoms with Crippen LogP contribution in [0.25, 0.3) is 10.9 Å². The Hall–Kier alpha value is -4.07. The van der Waals surface area contributed by atoms with E-state index in [1.165, 1.54) is 6.33 Å². The lowest BCUT2D eigenvalue weighted by Gasteiger charge is -2.19. The molecule has 38 heavy (non-hydrogen) atoms. The number of fused-ring (bicyclic) bond motifs is 1. The van der Waals surface area contributed by atoms with Crippen LogP contribution >= 0.6 is 0 Å². The van der Waals surface area contributed by atoms with Crippen molar-refractivity contribution in [1.29, 1.82) is 0 Å². The minimum atomic E-state index is -0.548. The van der Waals surface area contributed by atoms with Crippen LogP contribution in [0.15, 0.2) is 42.7 Å². The largest absolute Gasteiger partial charge is 0.487 e. The van der Waals surface area contributed by atoms with Crippen LogP contribution in [0.1, 0.15) is 26.3 Å². The number of hydrogen-bond acceptors (Lipinski definition) is 9. The summed E-state index contributed by atoms with van der Waals surface area (Å²) in [6.07, 6.45) is 6.53. The van der Waals surface area contributed by atoms with E-state index in [-0.39, 0.29) is 6.61 Å². The topological polar surface area (TPSA) is 113 Å². The molecule has 10 heteroatoms. The van der Waals surface area contributed by atoms with E-state index in [0.717, 1.165) is 16.6 Å². The number of aromatic nitrogens is 2. The SMILES string of the molecule is C#Cc1cccc(Nc2ncnc3cc(OCCOC)c(OCCOCCNC(=O)OC(C)(C)C)cc23)c1. The van der Waals surface area contributed by atoms with Gasteiger partial charge < -0.3 is 34.3 Å². The molecule has 0 unspecified atom stereocenters. The second-order valence-corrected chi connectivity index (χ2v) is 9.12. The Labute approximate surface area is 223 Å². The maximum atomic E-state index is 11.7. The van der Waals surface area contributed by atoms with Gasteiger partial charge in [-0.3, -0.25) is 0 Å². The number of carbonyl (C=O) groups excluding carboxylic acids is 1. The van der Waals surface area contributed by atoms with Gasteiger partial charge in [-0.1, -0.05) is 12.0 Å². The molecule has 0 fully saturated rings. The summed E-state index contributed by atoms with van der Waals surface area (Å²) in [4.78, 5) is 20.5. The average molecular weight is 523 g/mol. The highest BCUT2D eigenvalue weighted by molar-refractivity contribution is 5.93. The molecule has 1 amide bonds. The number of carbonyl (C=O) groups is 1. The van der Waals surface area contributed by atoms with Gasteiger partial charge in [-0.2, -0.15) is 0 Å². The first-order chi connectivity index (χ1) is 18.3. The minimum absolute atomic E-state index is 0.263. The van der Waals surface area contributed by atoms with Crippen LogP contribution in [-0.2, 0) is 14.2 Å². The summed E-state index contributed by atoms with van der Waals surface area (Å²) in [7, 11) is 1.61. The third kappa shape index (κ3) is 9.10. The summed E-state index contributed by atoms with van der Waals surface area (Å²) in [6, 6.07) is 11.1. The van der Waals surface area contributed by atoms with Crippen molar-refractivity contribution in [2.75, 3.05) is 52.0 Å². The highest BCUT2D eigenvalue weighted by atomic mass is 16.6. The fourth-order valence-electron chi connectivity index (χ4n) is 3.30.